The Morgan fingerprint density at radius 2 is 2.21 bits per heavy atom. The van der Waals surface area contributed by atoms with Crippen LogP contribution in [-0.2, 0) is 4.79 Å². The zero-order valence-electron chi connectivity index (χ0n) is 10.6. The molecule has 0 fully saturated rings. The predicted octanol–water partition coefficient (Wildman–Crippen LogP) is 4.17. The van der Waals surface area contributed by atoms with Gasteiger partial charge in [0.1, 0.15) is 0 Å². The number of nitrogens with zero attached hydrogens (tertiary/aromatic N) is 1. The summed E-state index contributed by atoms with van der Waals surface area (Å²) < 4.78 is 0.874. The number of hydrogen-bond donors (Lipinski definition) is 1. The van der Waals surface area contributed by atoms with E-state index in [1.807, 2.05) is 37.4 Å². The van der Waals surface area contributed by atoms with Gasteiger partial charge in [0.25, 0.3) is 0 Å². The van der Waals surface area contributed by atoms with E-state index in [0.29, 0.717) is 0 Å². The lowest BCUT2D eigenvalue weighted by atomic mass is 10.2. The Labute approximate surface area is 124 Å². The van der Waals surface area contributed by atoms with Gasteiger partial charge >= 0.3 is 0 Å². The zero-order chi connectivity index (χ0) is 13.8. The van der Waals surface area contributed by atoms with Crippen LogP contribution in [0.1, 0.15) is 16.3 Å². The second-order valence-corrected chi connectivity index (χ2v) is 6.01. The first-order chi connectivity index (χ1) is 9.04. The van der Waals surface area contributed by atoms with Crippen molar-refractivity contribution in [1.29, 1.82) is 0 Å². The summed E-state index contributed by atoms with van der Waals surface area (Å²) in [7, 11) is 0. The number of carbonyl (C=O) groups is 1. The standard InChI is InChI=1S/C14H13BrN2OS/c1-9-3-5-13(12(15)7-9)17-14(18)6-4-11-8-19-10(2)16-11/h3-8H,1-2H3,(H,17,18)/b6-4+. The van der Waals surface area contributed by atoms with E-state index in [-0.39, 0.29) is 5.91 Å². The second-order valence-electron chi connectivity index (χ2n) is 4.10. The van der Waals surface area contributed by atoms with Crippen molar-refractivity contribution in [1.82, 2.24) is 4.98 Å². The summed E-state index contributed by atoms with van der Waals surface area (Å²) in [6.07, 6.45) is 3.20. The van der Waals surface area contributed by atoms with Crippen LogP contribution in [0.25, 0.3) is 6.08 Å². The molecule has 0 radical (unpaired) electrons. The van der Waals surface area contributed by atoms with Gasteiger partial charge in [0.2, 0.25) is 5.91 Å². The highest BCUT2D eigenvalue weighted by Crippen LogP contribution is 2.23. The van der Waals surface area contributed by atoms with Crippen molar-refractivity contribution in [3.63, 3.8) is 0 Å². The fourth-order valence-corrected chi connectivity index (χ4v) is 2.69. The molecule has 0 unspecified atom stereocenters. The second kappa shape index (κ2) is 6.12. The molecule has 19 heavy (non-hydrogen) atoms. The van der Waals surface area contributed by atoms with Crippen molar-refractivity contribution < 1.29 is 4.79 Å². The lowest BCUT2D eigenvalue weighted by Gasteiger charge is -2.05. The minimum Gasteiger partial charge on any atom is -0.321 e. The number of rotatable bonds is 3. The molecule has 98 valence electrons. The van der Waals surface area contributed by atoms with Gasteiger partial charge in [0.15, 0.2) is 0 Å². The van der Waals surface area contributed by atoms with Gasteiger partial charge in [-0.15, -0.1) is 11.3 Å². The molecule has 1 N–H and O–H groups in total. The molecule has 0 saturated carbocycles. The number of nitrogens with one attached hydrogen (secondary N) is 1. The minimum atomic E-state index is -0.171. The lowest BCUT2D eigenvalue weighted by Crippen LogP contribution is -2.08. The maximum atomic E-state index is 11.8. The van der Waals surface area contributed by atoms with Gasteiger partial charge in [-0.05, 0) is 53.5 Å². The van der Waals surface area contributed by atoms with Crippen molar-refractivity contribution in [3.8, 4) is 0 Å². The van der Waals surface area contributed by atoms with Crippen LogP contribution in [0.4, 0.5) is 5.69 Å². The largest absolute Gasteiger partial charge is 0.321 e. The van der Waals surface area contributed by atoms with Crippen molar-refractivity contribution in [3.05, 3.63) is 50.4 Å². The van der Waals surface area contributed by atoms with Crippen molar-refractivity contribution in [2.45, 2.75) is 13.8 Å². The molecule has 3 nitrogen and oxygen atoms in total. The molecule has 0 saturated heterocycles. The Morgan fingerprint density at radius 3 is 2.84 bits per heavy atom. The van der Waals surface area contributed by atoms with Gasteiger partial charge in [0.05, 0.1) is 16.4 Å². The number of benzene rings is 1. The molecule has 0 aliphatic carbocycles. The summed E-state index contributed by atoms with van der Waals surface area (Å²) in [5, 5.41) is 5.72. The van der Waals surface area contributed by atoms with E-state index >= 15 is 0 Å². The van der Waals surface area contributed by atoms with Crippen LogP contribution in [0, 0.1) is 13.8 Å². The lowest BCUT2D eigenvalue weighted by molar-refractivity contribution is -0.111. The first kappa shape index (κ1) is 14.0. The molecule has 1 aromatic heterocycles. The van der Waals surface area contributed by atoms with Gasteiger partial charge in [-0.3, -0.25) is 4.79 Å². The third-order valence-corrected chi connectivity index (χ3v) is 3.87. The van der Waals surface area contributed by atoms with Crippen LogP contribution in [0.2, 0.25) is 0 Å². The van der Waals surface area contributed by atoms with E-state index in [2.05, 4.69) is 26.2 Å². The number of hydrogen-bond acceptors (Lipinski definition) is 3. The molecule has 0 atom stereocenters. The molecule has 0 aliphatic heterocycles. The Morgan fingerprint density at radius 1 is 1.42 bits per heavy atom. The number of aromatic nitrogens is 1. The molecular weight excluding hydrogens is 324 g/mol. The molecule has 2 rings (SSSR count). The van der Waals surface area contributed by atoms with Crippen molar-refractivity contribution >= 4 is 44.9 Å². The molecule has 1 aromatic carbocycles. The molecule has 0 spiro atoms. The maximum Gasteiger partial charge on any atom is 0.248 e. The number of carbonyl (C=O) groups excluding carboxylic acids is 1. The van der Waals surface area contributed by atoms with Crippen LogP contribution in [0.15, 0.2) is 34.1 Å². The summed E-state index contributed by atoms with van der Waals surface area (Å²) >= 11 is 4.99. The van der Waals surface area contributed by atoms with Crippen LogP contribution in [-0.4, -0.2) is 10.9 Å². The number of anilines is 1. The van der Waals surface area contributed by atoms with Gasteiger partial charge in [-0.2, -0.15) is 0 Å². The summed E-state index contributed by atoms with van der Waals surface area (Å²) in [4.78, 5) is 16.0. The highest BCUT2D eigenvalue weighted by atomic mass is 79.9. The highest BCUT2D eigenvalue weighted by molar-refractivity contribution is 9.10. The van der Waals surface area contributed by atoms with Crippen molar-refractivity contribution in [2.75, 3.05) is 5.32 Å². The average molecular weight is 337 g/mol. The van der Waals surface area contributed by atoms with E-state index in [1.54, 1.807) is 17.4 Å². The third-order valence-electron chi connectivity index (χ3n) is 2.42. The number of amides is 1. The number of halogens is 1. The van der Waals surface area contributed by atoms with E-state index < -0.39 is 0 Å². The van der Waals surface area contributed by atoms with E-state index in [9.17, 15) is 4.79 Å². The van der Waals surface area contributed by atoms with Crippen LogP contribution in [0.3, 0.4) is 0 Å². The number of aryl methyl sites for hydroxylation is 2. The SMILES string of the molecule is Cc1ccc(NC(=O)/C=C/c2csc(C)n2)c(Br)c1. The molecule has 0 aliphatic rings. The molecular formula is C14H13BrN2OS. The fourth-order valence-electron chi connectivity index (χ4n) is 1.51. The zero-order valence-corrected chi connectivity index (χ0v) is 13.0. The van der Waals surface area contributed by atoms with Gasteiger partial charge in [-0.25, -0.2) is 4.98 Å². The van der Waals surface area contributed by atoms with Gasteiger partial charge in [-0.1, -0.05) is 6.07 Å². The summed E-state index contributed by atoms with van der Waals surface area (Å²) in [6.45, 7) is 3.94. The first-order valence-electron chi connectivity index (χ1n) is 5.72. The Kier molecular flexibility index (Phi) is 4.50. The Bertz CT molecular complexity index is 634. The van der Waals surface area contributed by atoms with Crippen LogP contribution < -0.4 is 5.32 Å². The first-order valence-corrected chi connectivity index (χ1v) is 7.39. The Balaban J connectivity index is 2.03. The van der Waals surface area contributed by atoms with Crippen LogP contribution in [0.5, 0.6) is 0 Å². The monoisotopic (exact) mass is 336 g/mol. The van der Waals surface area contributed by atoms with Gasteiger partial charge in [0, 0.05) is 15.9 Å². The molecule has 0 bridgehead atoms. The quantitative estimate of drug-likeness (QED) is 0.854. The van der Waals surface area contributed by atoms with Crippen LogP contribution >= 0.6 is 27.3 Å². The van der Waals surface area contributed by atoms with E-state index in [1.165, 1.54) is 6.08 Å². The number of thiazole rings is 1. The highest BCUT2D eigenvalue weighted by Gasteiger charge is 2.03. The summed E-state index contributed by atoms with van der Waals surface area (Å²) in [5.41, 5.74) is 2.70. The predicted molar refractivity (Wildman–Crippen MR) is 83.4 cm³/mol. The maximum absolute atomic E-state index is 11.8. The third kappa shape index (κ3) is 4.01. The Hall–Kier alpha value is -1.46. The topological polar surface area (TPSA) is 42.0 Å². The van der Waals surface area contributed by atoms with E-state index in [4.69, 9.17) is 0 Å². The van der Waals surface area contributed by atoms with E-state index in [0.717, 1.165) is 26.4 Å². The summed E-state index contributed by atoms with van der Waals surface area (Å²) in [5.74, 6) is -0.171. The van der Waals surface area contributed by atoms with Crippen molar-refractivity contribution in [2.24, 2.45) is 0 Å². The molecule has 1 heterocycles. The molecule has 2 aromatic rings. The average Bonchev–Trinajstić information content (AvgIpc) is 2.76. The fraction of sp³-hybridized carbons (Fsp3) is 0.143. The molecule has 5 heteroatoms. The summed E-state index contributed by atoms with van der Waals surface area (Å²) in [6, 6.07) is 5.79. The normalized spacial score (nSPS) is 10.9. The minimum absolute atomic E-state index is 0.171. The molecule has 1 amide bonds. The van der Waals surface area contributed by atoms with Gasteiger partial charge < -0.3 is 5.32 Å². The smallest absolute Gasteiger partial charge is 0.248 e.